The molecule has 2 saturated heterocycles. The van der Waals surface area contributed by atoms with Gasteiger partial charge in [-0.3, -0.25) is 9.59 Å². The monoisotopic (exact) mass is 320 g/mol. The van der Waals surface area contributed by atoms with Crippen molar-refractivity contribution >= 4 is 11.8 Å². The molecule has 5 nitrogen and oxygen atoms in total. The van der Waals surface area contributed by atoms with Crippen LogP contribution in [0.5, 0.6) is 0 Å². The molecule has 2 aliphatic heterocycles. The third-order valence-corrected chi connectivity index (χ3v) is 4.54. The molecular formula is C17H21FN2O3. The lowest BCUT2D eigenvalue weighted by Gasteiger charge is -2.34. The number of halogens is 1. The van der Waals surface area contributed by atoms with Crippen LogP contribution >= 0.6 is 0 Å². The Kier molecular flexibility index (Phi) is 4.61. The number of rotatable bonds is 3. The van der Waals surface area contributed by atoms with E-state index in [-0.39, 0.29) is 36.1 Å². The molecule has 2 amide bonds. The van der Waals surface area contributed by atoms with Gasteiger partial charge in [-0.2, -0.15) is 0 Å². The first-order chi connectivity index (χ1) is 11.1. The molecule has 2 heterocycles. The molecule has 124 valence electrons. The predicted octanol–water partition coefficient (Wildman–Crippen LogP) is 1.59. The maximum Gasteiger partial charge on any atom is 0.228 e. The van der Waals surface area contributed by atoms with Crippen LogP contribution < -0.4 is 0 Å². The Balaban J connectivity index is 1.67. The fourth-order valence-electron chi connectivity index (χ4n) is 3.26. The number of hydrogen-bond donors (Lipinski definition) is 0. The summed E-state index contributed by atoms with van der Waals surface area (Å²) < 4.78 is 19.1. The molecule has 0 saturated carbocycles. The minimum absolute atomic E-state index is 0.000923. The molecule has 0 unspecified atom stereocenters. The number of benzene rings is 1. The molecule has 0 aromatic heterocycles. The first-order valence-corrected chi connectivity index (χ1v) is 8.02. The van der Waals surface area contributed by atoms with Gasteiger partial charge in [-0.25, -0.2) is 4.39 Å². The Bertz CT molecular complexity index is 607. The highest BCUT2D eigenvalue weighted by molar-refractivity contribution is 5.89. The Hall–Kier alpha value is -1.95. The molecule has 2 atom stereocenters. The van der Waals surface area contributed by atoms with Gasteiger partial charge in [0.15, 0.2) is 0 Å². The zero-order valence-corrected chi connectivity index (χ0v) is 13.2. The van der Waals surface area contributed by atoms with E-state index in [0.717, 1.165) is 5.56 Å². The quantitative estimate of drug-likeness (QED) is 0.850. The third-order valence-electron chi connectivity index (χ3n) is 4.54. The fraction of sp³-hybridized carbons (Fsp3) is 0.529. The number of amides is 2. The molecule has 23 heavy (non-hydrogen) atoms. The van der Waals surface area contributed by atoms with Crippen LogP contribution in [0, 0.1) is 11.7 Å². The third kappa shape index (κ3) is 3.37. The average Bonchev–Trinajstić information content (AvgIpc) is 2.95. The number of hydrogen-bond acceptors (Lipinski definition) is 3. The summed E-state index contributed by atoms with van der Waals surface area (Å²) in [6.45, 7) is 4.39. The highest BCUT2D eigenvalue weighted by Crippen LogP contribution is 2.26. The Morgan fingerprint density at radius 1 is 1.39 bits per heavy atom. The van der Waals surface area contributed by atoms with Crippen molar-refractivity contribution in [2.45, 2.75) is 19.4 Å². The summed E-state index contributed by atoms with van der Waals surface area (Å²) in [6.07, 6.45) is -0.0305. The van der Waals surface area contributed by atoms with Crippen molar-refractivity contribution in [2.24, 2.45) is 5.92 Å². The van der Waals surface area contributed by atoms with E-state index in [1.54, 1.807) is 21.9 Å². The Labute approximate surface area is 135 Å². The number of ether oxygens (including phenoxy) is 1. The molecule has 2 aliphatic rings. The molecule has 0 N–H and O–H groups in total. The molecule has 2 fully saturated rings. The first kappa shape index (κ1) is 15.9. The maximum absolute atomic E-state index is 13.4. The van der Waals surface area contributed by atoms with Crippen molar-refractivity contribution < 1.29 is 18.7 Å². The molecule has 1 aromatic rings. The van der Waals surface area contributed by atoms with Gasteiger partial charge in [0.2, 0.25) is 11.8 Å². The van der Waals surface area contributed by atoms with E-state index in [2.05, 4.69) is 0 Å². The number of carbonyl (C=O) groups is 2. The Morgan fingerprint density at radius 3 is 2.91 bits per heavy atom. The SMILES string of the molecule is CCN1C[C@H](C(=O)N2CCO[C@@H](c3cccc(F)c3)C2)CC1=O. The first-order valence-electron chi connectivity index (χ1n) is 8.02. The summed E-state index contributed by atoms with van der Waals surface area (Å²) in [4.78, 5) is 27.9. The zero-order chi connectivity index (χ0) is 16.4. The van der Waals surface area contributed by atoms with Crippen LogP contribution in [0.3, 0.4) is 0 Å². The van der Waals surface area contributed by atoms with Gasteiger partial charge < -0.3 is 14.5 Å². The Morgan fingerprint density at radius 2 is 2.22 bits per heavy atom. The van der Waals surface area contributed by atoms with Crippen molar-refractivity contribution in [1.29, 1.82) is 0 Å². The largest absolute Gasteiger partial charge is 0.370 e. The molecule has 3 rings (SSSR count). The normalized spacial score (nSPS) is 25.0. The molecule has 0 bridgehead atoms. The van der Waals surface area contributed by atoms with Crippen molar-refractivity contribution in [3.8, 4) is 0 Å². The number of likely N-dealkylation sites (tertiary alicyclic amines) is 1. The van der Waals surface area contributed by atoms with Crippen molar-refractivity contribution in [3.63, 3.8) is 0 Å². The van der Waals surface area contributed by atoms with E-state index in [0.29, 0.717) is 32.8 Å². The zero-order valence-electron chi connectivity index (χ0n) is 13.2. The van der Waals surface area contributed by atoms with Crippen molar-refractivity contribution in [2.75, 3.05) is 32.8 Å². The maximum atomic E-state index is 13.4. The number of carbonyl (C=O) groups excluding carboxylic acids is 2. The highest BCUT2D eigenvalue weighted by atomic mass is 19.1. The van der Waals surface area contributed by atoms with E-state index < -0.39 is 0 Å². The van der Waals surface area contributed by atoms with Gasteiger partial charge in [-0.05, 0) is 24.6 Å². The summed E-state index contributed by atoms with van der Waals surface area (Å²) in [6, 6.07) is 6.28. The van der Waals surface area contributed by atoms with E-state index in [9.17, 15) is 14.0 Å². The van der Waals surface area contributed by atoms with E-state index >= 15 is 0 Å². The predicted molar refractivity (Wildman–Crippen MR) is 82.0 cm³/mol. The fourth-order valence-corrected chi connectivity index (χ4v) is 3.26. The topological polar surface area (TPSA) is 49.9 Å². The van der Waals surface area contributed by atoms with Gasteiger partial charge in [-0.15, -0.1) is 0 Å². The summed E-state index contributed by atoms with van der Waals surface area (Å²) in [5.74, 6) is -0.539. The van der Waals surface area contributed by atoms with Gasteiger partial charge in [0.05, 0.1) is 19.1 Å². The number of nitrogens with zero attached hydrogens (tertiary/aromatic N) is 2. The minimum Gasteiger partial charge on any atom is -0.370 e. The van der Waals surface area contributed by atoms with Crippen LogP contribution in [0.25, 0.3) is 0 Å². The second kappa shape index (κ2) is 6.66. The molecule has 1 aromatic carbocycles. The highest BCUT2D eigenvalue weighted by Gasteiger charge is 2.37. The minimum atomic E-state index is -0.317. The molecule has 0 radical (unpaired) electrons. The standard InChI is InChI=1S/C17H21FN2O3/c1-2-19-10-13(9-16(19)21)17(22)20-6-7-23-15(11-20)12-4-3-5-14(18)8-12/h3-5,8,13,15H,2,6-7,9-11H2,1H3/t13-,15-/m1/s1. The summed E-state index contributed by atoms with van der Waals surface area (Å²) in [7, 11) is 0. The summed E-state index contributed by atoms with van der Waals surface area (Å²) in [5.41, 5.74) is 0.736. The lowest BCUT2D eigenvalue weighted by atomic mass is 10.0. The molecule has 0 aliphatic carbocycles. The van der Waals surface area contributed by atoms with Gasteiger partial charge in [-0.1, -0.05) is 12.1 Å². The van der Waals surface area contributed by atoms with Crippen LogP contribution in [0.4, 0.5) is 4.39 Å². The second-order valence-electron chi connectivity index (χ2n) is 6.03. The van der Waals surface area contributed by atoms with Crippen LogP contribution in [-0.2, 0) is 14.3 Å². The number of morpholine rings is 1. The van der Waals surface area contributed by atoms with Gasteiger partial charge in [0, 0.05) is 26.1 Å². The molecular weight excluding hydrogens is 299 g/mol. The van der Waals surface area contributed by atoms with Crippen molar-refractivity contribution in [1.82, 2.24) is 9.80 Å². The average molecular weight is 320 g/mol. The van der Waals surface area contributed by atoms with E-state index in [1.807, 2.05) is 6.92 Å². The van der Waals surface area contributed by atoms with Crippen LogP contribution in [0.2, 0.25) is 0 Å². The summed E-state index contributed by atoms with van der Waals surface area (Å²) in [5, 5.41) is 0. The lowest BCUT2D eigenvalue weighted by Crippen LogP contribution is -2.45. The van der Waals surface area contributed by atoms with Crippen LogP contribution in [0.15, 0.2) is 24.3 Å². The van der Waals surface area contributed by atoms with E-state index in [4.69, 9.17) is 4.74 Å². The van der Waals surface area contributed by atoms with Gasteiger partial charge in [0.1, 0.15) is 11.9 Å². The lowest BCUT2D eigenvalue weighted by molar-refractivity contribution is -0.143. The van der Waals surface area contributed by atoms with Gasteiger partial charge >= 0.3 is 0 Å². The smallest absolute Gasteiger partial charge is 0.228 e. The van der Waals surface area contributed by atoms with Gasteiger partial charge in [0.25, 0.3) is 0 Å². The molecule has 6 heteroatoms. The van der Waals surface area contributed by atoms with Crippen molar-refractivity contribution in [3.05, 3.63) is 35.6 Å². The van der Waals surface area contributed by atoms with Crippen LogP contribution in [0.1, 0.15) is 25.0 Å². The van der Waals surface area contributed by atoms with E-state index in [1.165, 1.54) is 12.1 Å². The molecule has 0 spiro atoms. The van der Waals surface area contributed by atoms with Crippen LogP contribution in [-0.4, -0.2) is 54.4 Å². The summed E-state index contributed by atoms with van der Waals surface area (Å²) >= 11 is 0. The second-order valence-corrected chi connectivity index (χ2v) is 6.03.